The van der Waals surface area contributed by atoms with Gasteiger partial charge in [0.1, 0.15) is 6.61 Å². The molecule has 0 radical (unpaired) electrons. The number of hydrogen-bond donors (Lipinski definition) is 2. The van der Waals surface area contributed by atoms with Gasteiger partial charge in [0.05, 0.1) is 6.26 Å². The van der Waals surface area contributed by atoms with Crippen molar-refractivity contribution in [1.82, 2.24) is 14.9 Å². The van der Waals surface area contributed by atoms with Crippen LogP contribution in [0.2, 0.25) is 0 Å². The second-order valence-electron chi connectivity index (χ2n) is 4.50. The number of sulfonamides is 1. The first-order chi connectivity index (χ1) is 9.25. The molecule has 118 valence electrons. The van der Waals surface area contributed by atoms with Crippen LogP contribution in [0, 0.1) is 0 Å². The van der Waals surface area contributed by atoms with Crippen molar-refractivity contribution in [1.29, 1.82) is 0 Å². The molecule has 0 saturated carbocycles. The molecular weight excluding hydrogens is 282 g/mol. The minimum absolute atomic E-state index is 0.308. The molecule has 0 aromatic carbocycles. The molecular formula is C12H25N3O4S. The zero-order valence-electron chi connectivity index (χ0n) is 12.4. The van der Waals surface area contributed by atoms with E-state index >= 15 is 0 Å². The van der Waals surface area contributed by atoms with Crippen LogP contribution in [0.25, 0.3) is 0 Å². The highest BCUT2D eigenvalue weighted by Crippen LogP contribution is 1.91. The molecule has 0 unspecified atom stereocenters. The zero-order chi connectivity index (χ0) is 15.6. The summed E-state index contributed by atoms with van der Waals surface area (Å²) in [4.78, 5) is 11.0. The van der Waals surface area contributed by atoms with E-state index in [1.807, 2.05) is 0 Å². The van der Waals surface area contributed by atoms with Crippen molar-refractivity contribution in [3.05, 3.63) is 12.2 Å². The molecule has 0 aromatic heterocycles. The third-order valence-electron chi connectivity index (χ3n) is 2.51. The highest BCUT2D eigenvalue weighted by atomic mass is 32.2. The van der Waals surface area contributed by atoms with Crippen LogP contribution in [0.5, 0.6) is 0 Å². The smallest absolute Gasteiger partial charge is 0.333 e. The number of nitrogens with one attached hydrogen (secondary N) is 2. The van der Waals surface area contributed by atoms with Gasteiger partial charge in [-0.05, 0) is 6.92 Å². The molecule has 0 fully saturated rings. The third-order valence-corrected chi connectivity index (χ3v) is 3.82. The molecule has 20 heavy (non-hydrogen) atoms. The summed E-state index contributed by atoms with van der Waals surface area (Å²) in [6.07, 6.45) is 1.18. The summed E-state index contributed by atoms with van der Waals surface area (Å²) < 4.78 is 28.4. The molecule has 0 bridgehead atoms. The van der Waals surface area contributed by atoms with Crippen molar-refractivity contribution in [2.45, 2.75) is 6.92 Å². The maximum atomic E-state index is 11.1. The molecule has 0 rings (SSSR count). The van der Waals surface area contributed by atoms with Gasteiger partial charge in [-0.2, -0.15) is 0 Å². The average Bonchev–Trinajstić information content (AvgIpc) is 2.34. The topological polar surface area (TPSA) is 87.7 Å². The number of carbonyl (C=O) groups is 1. The van der Waals surface area contributed by atoms with Gasteiger partial charge in [0, 0.05) is 45.3 Å². The molecule has 0 aromatic rings. The van der Waals surface area contributed by atoms with E-state index in [0.717, 1.165) is 0 Å². The largest absolute Gasteiger partial charge is 0.461 e. The summed E-state index contributed by atoms with van der Waals surface area (Å²) >= 11 is 0. The Hall–Kier alpha value is -0.960. The number of rotatable bonds is 11. The molecule has 0 aliphatic rings. The van der Waals surface area contributed by atoms with E-state index in [-0.39, 0.29) is 5.97 Å². The number of ether oxygens (including phenoxy) is 1. The van der Waals surface area contributed by atoms with Crippen LogP contribution in [0.1, 0.15) is 6.92 Å². The van der Waals surface area contributed by atoms with E-state index in [9.17, 15) is 13.2 Å². The Morgan fingerprint density at radius 1 is 1.20 bits per heavy atom. The van der Waals surface area contributed by atoms with E-state index in [0.29, 0.717) is 44.9 Å². The number of hydrogen-bond acceptors (Lipinski definition) is 6. The highest BCUT2D eigenvalue weighted by Gasteiger charge is 2.08. The fourth-order valence-electron chi connectivity index (χ4n) is 1.17. The Balaban J connectivity index is 3.38. The predicted octanol–water partition coefficient (Wildman–Crippen LogP) is -0.824. The molecule has 0 aliphatic carbocycles. The minimum Gasteiger partial charge on any atom is -0.461 e. The minimum atomic E-state index is -3.10. The average molecular weight is 307 g/mol. The van der Waals surface area contributed by atoms with Gasteiger partial charge in [-0.25, -0.2) is 17.5 Å². The lowest BCUT2D eigenvalue weighted by Crippen LogP contribution is -2.36. The van der Waals surface area contributed by atoms with Gasteiger partial charge >= 0.3 is 5.97 Å². The van der Waals surface area contributed by atoms with Gasteiger partial charge in [0.2, 0.25) is 10.0 Å². The summed E-state index contributed by atoms with van der Waals surface area (Å²) in [5, 5.41) is 6.21. The summed E-state index contributed by atoms with van der Waals surface area (Å²) in [5.74, 6) is -0.381. The Morgan fingerprint density at radius 2 is 1.75 bits per heavy atom. The lowest BCUT2D eigenvalue weighted by molar-refractivity contribution is -0.138. The van der Waals surface area contributed by atoms with E-state index in [1.165, 1.54) is 10.6 Å². The standard InChI is InChI=1S/C12H25N3O4S/c1-11(2)12(16)19-10-8-14-6-5-13-7-9-15(3)20(4,17)18/h13-14H,1,5-10H2,2-4H3. The molecule has 8 heteroatoms. The van der Waals surface area contributed by atoms with Gasteiger partial charge in [-0.15, -0.1) is 0 Å². The van der Waals surface area contributed by atoms with E-state index in [2.05, 4.69) is 17.2 Å². The molecule has 0 atom stereocenters. The number of carbonyl (C=O) groups excluding carboxylic acids is 1. The van der Waals surface area contributed by atoms with Crippen LogP contribution >= 0.6 is 0 Å². The number of esters is 1. The second kappa shape index (κ2) is 9.87. The van der Waals surface area contributed by atoms with Crippen molar-refractivity contribution in [2.24, 2.45) is 0 Å². The first-order valence-corrected chi connectivity index (χ1v) is 8.25. The maximum Gasteiger partial charge on any atom is 0.333 e. The van der Waals surface area contributed by atoms with E-state index in [4.69, 9.17) is 4.74 Å². The van der Waals surface area contributed by atoms with Crippen molar-refractivity contribution in [3.63, 3.8) is 0 Å². The summed E-state index contributed by atoms with van der Waals surface area (Å²) in [6.45, 7) is 8.43. The lowest BCUT2D eigenvalue weighted by Gasteiger charge is -2.14. The molecule has 0 spiro atoms. The van der Waals surface area contributed by atoms with Crippen LogP contribution in [0.3, 0.4) is 0 Å². The Morgan fingerprint density at radius 3 is 2.25 bits per heavy atom. The van der Waals surface area contributed by atoms with Gasteiger partial charge in [-0.1, -0.05) is 6.58 Å². The van der Waals surface area contributed by atoms with Gasteiger partial charge in [-0.3, -0.25) is 0 Å². The first kappa shape index (κ1) is 19.0. The summed E-state index contributed by atoms with van der Waals surface area (Å²) in [6, 6.07) is 0. The summed E-state index contributed by atoms with van der Waals surface area (Å²) in [7, 11) is -1.55. The van der Waals surface area contributed by atoms with Crippen molar-refractivity contribution >= 4 is 16.0 Å². The zero-order valence-corrected chi connectivity index (χ0v) is 13.3. The fraction of sp³-hybridized carbons (Fsp3) is 0.750. The Kier molecular flexibility index (Phi) is 9.39. The monoisotopic (exact) mass is 307 g/mol. The van der Waals surface area contributed by atoms with Gasteiger partial charge in [0.15, 0.2) is 0 Å². The Labute approximate surface area is 121 Å². The molecule has 0 heterocycles. The lowest BCUT2D eigenvalue weighted by atomic mass is 10.4. The van der Waals surface area contributed by atoms with E-state index in [1.54, 1.807) is 14.0 Å². The van der Waals surface area contributed by atoms with Gasteiger partial charge < -0.3 is 15.4 Å². The first-order valence-electron chi connectivity index (χ1n) is 6.40. The van der Waals surface area contributed by atoms with Crippen LogP contribution in [-0.4, -0.2) is 71.3 Å². The number of likely N-dealkylation sites (N-methyl/N-ethyl adjacent to an activating group) is 1. The van der Waals surface area contributed by atoms with Crippen molar-refractivity contribution in [3.8, 4) is 0 Å². The fourth-order valence-corrected chi connectivity index (χ4v) is 1.59. The Bertz CT molecular complexity index is 409. The van der Waals surface area contributed by atoms with Crippen LogP contribution in [-0.2, 0) is 19.6 Å². The van der Waals surface area contributed by atoms with Crippen molar-refractivity contribution in [2.75, 3.05) is 52.6 Å². The third kappa shape index (κ3) is 9.90. The predicted molar refractivity (Wildman–Crippen MR) is 79.0 cm³/mol. The molecule has 7 nitrogen and oxygen atoms in total. The summed E-state index contributed by atoms with van der Waals surface area (Å²) in [5.41, 5.74) is 0.390. The van der Waals surface area contributed by atoms with Crippen LogP contribution in [0.4, 0.5) is 0 Å². The van der Waals surface area contributed by atoms with Crippen LogP contribution < -0.4 is 10.6 Å². The quantitative estimate of drug-likeness (QED) is 0.294. The molecule has 0 saturated heterocycles. The molecule has 0 amide bonds. The molecule has 0 aliphatic heterocycles. The van der Waals surface area contributed by atoms with Gasteiger partial charge in [0.25, 0.3) is 0 Å². The van der Waals surface area contributed by atoms with Crippen LogP contribution in [0.15, 0.2) is 12.2 Å². The number of nitrogens with zero attached hydrogens (tertiary/aromatic N) is 1. The van der Waals surface area contributed by atoms with Crippen molar-refractivity contribution < 1.29 is 17.9 Å². The van der Waals surface area contributed by atoms with E-state index < -0.39 is 10.0 Å². The molecule has 2 N–H and O–H groups in total. The second-order valence-corrected chi connectivity index (χ2v) is 6.59. The SMILES string of the molecule is C=C(C)C(=O)OCCNCCNCCN(C)S(C)(=O)=O. The highest BCUT2D eigenvalue weighted by molar-refractivity contribution is 7.88. The normalized spacial score (nSPS) is 11.6. The maximum absolute atomic E-state index is 11.1.